The lowest BCUT2D eigenvalue weighted by Gasteiger charge is -2.11. The van der Waals surface area contributed by atoms with Crippen LogP contribution in [0.2, 0.25) is 0 Å². The van der Waals surface area contributed by atoms with Crippen molar-refractivity contribution < 1.29 is 13.2 Å². The van der Waals surface area contributed by atoms with Crippen molar-refractivity contribution in [1.82, 2.24) is 4.57 Å². The van der Waals surface area contributed by atoms with Crippen molar-refractivity contribution in [2.45, 2.75) is 12.7 Å². The molecule has 0 radical (unpaired) electrons. The van der Waals surface area contributed by atoms with Crippen LogP contribution in [0.3, 0.4) is 0 Å². The summed E-state index contributed by atoms with van der Waals surface area (Å²) in [6, 6.07) is 9.56. The minimum Gasteiger partial charge on any atom is -0.296 e. The molecule has 82 valence electrons. The highest BCUT2D eigenvalue weighted by molar-refractivity contribution is 5.82. The third kappa shape index (κ3) is 1.52. The molecule has 2 nitrogen and oxygen atoms in total. The topological polar surface area (TPSA) is 28.7 Å². The van der Waals surface area contributed by atoms with Crippen molar-refractivity contribution in [2.75, 3.05) is 0 Å². The first-order chi connectivity index (χ1) is 7.65. The zero-order chi connectivity index (χ0) is 11.7. The number of rotatable bonds is 2. The van der Waals surface area contributed by atoms with Gasteiger partial charge in [-0.15, -0.1) is 0 Å². The Morgan fingerprint density at radius 2 is 1.88 bits per heavy atom. The van der Waals surface area contributed by atoms with Gasteiger partial charge in [0.15, 0.2) is 0 Å². The molecule has 0 bridgehead atoms. The molecule has 1 aromatic carbocycles. The first-order valence-corrected chi connectivity index (χ1v) is 4.57. The molecule has 1 atom stereocenters. The summed E-state index contributed by atoms with van der Waals surface area (Å²) in [6.07, 6.45) is -5.64. The average Bonchev–Trinajstić information content (AvgIpc) is 2.66. The third-order valence-corrected chi connectivity index (χ3v) is 2.32. The number of alkyl halides is 3. The second-order valence-corrected chi connectivity index (χ2v) is 3.28. The highest BCUT2D eigenvalue weighted by Gasteiger charge is 2.25. The number of hydrogen-bond acceptors (Lipinski definition) is 1. The standard InChI is InChI=1S/C11H7F3N2/c12-10(13)11(14)16-8(6-15)5-7-3-1-2-4-9(7)16/h1-5,10-11H. The summed E-state index contributed by atoms with van der Waals surface area (Å²) >= 11 is 0. The Balaban J connectivity index is 2.70. The predicted octanol–water partition coefficient (Wildman–Crippen LogP) is 3.25. The molecule has 0 saturated carbocycles. The lowest BCUT2D eigenvalue weighted by molar-refractivity contribution is 0.0102. The van der Waals surface area contributed by atoms with E-state index in [1.165, 1.54) is 12.1 Å². The lowest BCUT2D eigenvalue weighted by Crippen LogP contribution is -2.13. The zero-order valence-corrected chi connectivity index (χ0v) is 8.07. The normalized spacial score (nSPS) is 12.9. The monoisotopic (exact) mass is 224 g/mol. The summed E-state index contributed by atoms with van der Waals surface area (Å²) < 4.78 is 38.7. The number of benzene rings is 1. The molecule has 1 heterocycles. The van der Waals surface area contributed by atoms with E-state index in [0.29, 0.717) is 10.9 Å². The van der Waals surface area contributed by atoms with Gasteiger partial charge in [0.25, 0.3) is 6.43 Å². The van der Waals surface area contributed by atoms with Gasteiger partial charge in [-0.2, -0.15) is 5.26 Å². The van der Waals surface area contributed by atoms with Crippen LogP contribution in [-0.4, -0.2) is 11.0 Å². The van der Waals surface area contributed by atoms with Crippen LogP contribution in [0.5, 0.6) is 0 Å². The van der Waals surface area contributed by atoms with Gasteiger partial charge in [-0.05, 0) is 12.1 Å². The molecule has 0 fully saturated rings. The summed E-state index contributed by atoms with van der Waals surface area (Å²) in [5.41, 5.74) is 0.195. The molecule has 0 aliphatic rings. The van der Waals surface area contributed by atoms with E-state index in [4.69, 9.17) is 5.26 Å². The predicted molar refractivity (Wildman–Crippen MR) is 52.8 cm³/mol. The van der Waals surface area contributed by atoms with Gasteiger partial charge in [0.1, 0.15) is 11.8 Å². The van der Waals surface area contributed by atoms with Gasteiger partial charge in [0.05, 0.1) is 5.52 Å². The van der Waals surface area contributed by atoms with Gasteiger partial charge in [0, 0.05) is 5.39 Å². The number of aromatic nitrogens is 1. The maximum absolute atomic E-state index is 13.3. The lowest BCUT2D eigenvalue weighted by atomic mass is 10.2. The quantitative estimate of drug-likeness (QED) is 0.769. The van der Waals surface area contributed by atoms with Crippen molar-refractivity contribution in [3.8, 4) is 6.07 Å². The van der Waals surface area contributed by atoms with Crippen molar-refractivity contribution in [3.63, 3.8) is 0 Å². The molecule has 0 saturated heterocycles. The second-order valence-electron chi connectivity index (χ2n) is 3.28. The van der Waals surface area contributed by atoms with E-state index in [1.807, 2.05) is 0 Å². The Hall–Kier alpha value is -1.96. The largest absolute Gasteiger partial charge is 0.296 e. The van der Waals surface area contributed by atoms with E-state index in [0.717, 1.165) is 4.57 Å². The zero-order valence-electron chi connectivity index (χ0n) is 8.07. The average molecular weight is 224 g/mol. The summed E-state index contributed by atoms with van der Waals surface area (Å²) in [4.78, 5) is 0. The van der Waals surface area contributed by atoms with Crippen LogP contribution in [0.1, 0.15) is 12.0 Å². The van der Waals surface area contributed by atoms with E-state index in [9.17, 15) is 13.2 Å². The van der Waals surface area contributed by atoms with Gasteiger partial charge in [-0.25, -0.2) is 13.2 Å². The van der Waals surface area contributed by atoms with Gasteiger partial charge >= 0.3 is 0 Å². The molecule has 5 heteroatoms. The molecule has 0 amide bonds. The number of nitrogens with zero attached hydrogens (tertiary/aromatic N) is 2. The van der Waals surface area contributed by atoms with Crippen LogP contribution in [0.4, 0.5) is 13.2 Å². The fourth-order valence-electron chi connectivity index (χ4n) is 1.64. The van der Waals surface area contributed by atoms with Crippen LogP contribution in [0, 0.1) is 11.3 Å². The number of fused-ring (bicyclic) bond motifs is 1. The number of hydrogen-bond donors (Lipinski definition) is 0. The number of halogens is 3. The molecule has 0 N–H and O–H groups in total. The van der Waals surface area contributed by atoms with Crippen LogP contribution in [0.15, 0.2) is 30.3 Å². The van der Waals surface area contributed by atoms with Crippen molar-refractivity contribution in [2.24, 2.45) is 0 Å². The van der Waals surface area contributed by atoms with Gasteiger partial charge < -0.3 is 0 Å². The fourth-order valence-corrected chi connectivity index (χ4v) is 1.64. The molecule has 2 rings (SSSR count). The minimum absolute atomic E-state index is 0.103. The Morgan fingerprint density at radius 3 is 2.50 bits per heavy atom. The maximum atomic E-state index is 13.3. The first kappa shape index (κ1) is 10.6. The Bertz CT molecular complexity index is 554. The molecule has 2 aromatic rings. The third-order valence-electron chi connectivity index (χ3n) is 2.32. The minimum atomic E-state index is -3.15. The molecule has 0 aliphatic carbocycles. The van der Waals surface area contributed by atoms with Gasteiger partial charge in [0.2, 0.25) is 6.30 Å². The Kier molecular flexibility index (Phi) is 2.57. The number of para-hydroxylation sites is 1. The van der Waals surface area contributed by atoms with E-state index in [2.05, 4.69) is 0 Å². The smallest absolute Gasteiger partial charge is 0.288 e. The Morgan fingerprint density at radius 1 is 1.19 bits per heavy atom. The van der Waals surface area contributed by atoms with Gasteiger partial charge in [-0.3, -0.25) is 4.57 Å². The highest BCUT2D eigenvalue weighted by Crippen LogP contribution is 2.28. The summed E-state index contributed by atoms with van der Waals surface area (Å²) in [5, 5.41) is 9.34. The van der Waals surface area contributed by atoms with Crippen LogP contribution < -0.4 is 0 Å². The Labute approximate surface area is 89.5 Å². The van der Waals surface area contributed by atoms with E-state index in [1.54, 1.807) is 24.3 Å². The number of nitriles is 1. The van der Waals surface area contributed by atoms with Crippen molar-refractivity contribution >= 4 is 10.9 Å². The molecule has 0 spiro atoms. The summed E-state index contributed by atoms with van der Waals surface area (Å²) in [5.74, 6) is 0. The fraction of sp³-hybridized carbons (Fsp3) is 0.182. The highest BCUT2D eigenvalue weighted by atomic mass is 19.3. The van der Waals surface area contributed by atoms with E-state index in [-0.39, 0.29) is 5.69 Å². The molecule has 0 aliphatic heterocycles. The molecule has 1 unspecified atom stereocenters. The van der Waals surface area contributed by atoms with Crippen LogP contribution in [-0.2, 0) is 0 Å². The maximum Gasteiger partial charge on any atom is 0.288 e. The van der Waals surface area contributed by atoms with Crippen LogP contribution >= 0.6 is 0 Å². The summed E-state index contributed by atoms with van der Waals surface area (Å²) in [6.45, 7) is 0. The summed E-state index contributed by atoms with van der Waals surface area (Å²) in [7, 11) is 0. The second kappa shape index (κ2) is 3.89. The van der Waals surface area contributed by atoms with E-state index >= 15 is 0 Å². The van der Waals surface area contributed by atoms with Crippen molar-refractivity contribution in [3.05, 3.63) is 36.0 Å². The van der Waals surface area contributed by atoms with E-state index < -0.39 is 12.7 Å². The molecule has 16 heavy (non-hydrogen) atoms. The van der Waals surface area contributed by atoms with Gasteiger partial charge in [-0.1, -0.05) is 18.2 Å². The SMILES string of the molecule is N#Cc1cc2ccccc2n1C(F)C(F)F. The molecule has 1 aromatic heterocycles. The molecular formula is C11H7F3N2. The van der Waals surface area contributed by atoms with Crippen molar-refractivity contribution in [1.29, 1.82) is 5.26 Å². The first-order valence-electron chi connectivity index (χ1n) is 4.57. The molecular weight excluding hydrogens is 217 g/mol. The van der Waals surface area contributed by atoms with Crippen LogP contribution in [0.25, 0.3) is 10.9 Å².